The van der Waals surface area contributed by atoms with E-state index in [0.29, 0.717) is 16.3 Å². The molecule has 2 aromatic rings. The molecule has 7 nitrogen and oxygen atoms in total. The van der Waals surface area contributed by atoms with Crippen molar-refractivity contribution in [2.75, 3.05) is 38.9 Å². The Kier molecular flexibility index (Phi) is 7.83. The van der Waals surface area contributed by atoms with E-state index in [-0.39, 0.29) is 36.8 Å². The molecule has 3 rings (SSSR count). The summed E-state index contributed by atoms with van der Waals surface area (Å²) in [5, 5.41) is 2.73. The molecule has 33 heavy (non-hydrogen) atoms. The zero-order chi connectivity index (χ0) is 24.0. The summed E-state index contributed by atoms with van der Waals surface area (Å²) in [6, 6.07) is 7.56. The van der Waals surface area contributed by atoms with Crippen molar-refractivity contribution in [3.8, 4) is 11.5 Å². The van der Waals surface area contributed by atoms with Gasteiger partial charge in [0.25, 0.3) is 5.91 Å². The van der Waals surface area contributed by atoms with E-state index in [1.54, 1.807) is 18.2 Å². The van der Waals surface area contributed by atoms with Gasteiger partial charge < -0.3 is 24.3 Å². The van der Waals surface area contributed by atoms with Gasteiger partial charge in [0.05, 0.1) is 23.4 Å². The summed E-state index contributed by atoms with van der Waals surface area (Å²) in [5.74, 6) is -1.10. The number of carbonyl (C=O) groups excluding carboxylic acids is 2. The number of nitrogens with one attached hydrogen (secondary N) is 1. The largest absolute Gasteiger partial charge is 0.489 e. The monoisotopic (exact) mass is 485 g/mol. The summed E-state index contributed by atoms with van der Waals surface area (Å²) >= 11 is 5.93. The number of esters is 1. The lowest BCUT2D eigenvalue weighted by Gasteiger charge is -2.17. The molecule has 1 aliphatic rings. The lowest BCUT2D eigenvalue weighted by Crippen LogP contribution is -2.24. The third kappa shape index (κ3) is 6.62. The average molecular weight is 486 g/mol. The van der Waals surface area contributed by atoms with Crippen LogP contribution in [0.5, 0.6) is 11.5 Å². The smallest absolute Gasteiger partial charge is 0.416 e. The van der Waals surface area contributed by atoms with E-state index in [9.17, 15) is 22.8 Å². The molecule has 0 fully saturated rings. The summed E-state index contributed by atoms with van der Waals surface area (Å²) in [5.41, 5.74) is -0.464. The molecule has 0 spiro atoms. The van der Waals surface area contributed by atoms with E-state index in [1.165, 1.54) is 13.2 Å². The number of fused-ring (bicyclic) bond motifs is 1. The van der Waals surface area contributed by atoms with Crippen molar-refractivity contribution >= 4 is 35.2 Å². The number of amides is 1. The van der Waals surface area contributed by atoms with Gasteiger partial charge >= 0.3 is 12.1 Å². The fraction of sp³-hybridized carbons (Fsp3) is 0.273. The summed E-state index contributed by atoms with van der Waals surface area (Å²) in [4.78, 5) is 24.6. The minimum Gasteiger partial charge on any atom is -0.489 e. The predicted molar refractivity (Wildman–Crippen MR) is 113 cm³/mol. The highest BCUT2D eigenvalue weighted by Gasteiger charge is 2.31. The first-order chi connectivity index (χ1) is 15.7. The fourth-order valence-corrected chi connectivity index (χ4v) is 3.02. The third-order valence-corrected chi connectivity index (χ3v) is 4.64. The van der Waals surface area contributed by atoms with Crippen LogP contribution in [0.4, 0.5) is 18.9 Å². The van der Waals surface area contributed by atoms with Gasteiger partial charge in [-0.2, -0.15) is 13.2 Å². The maximum Gasteiger partial charge on any atom is 0.416 e. The van der Waals surface area contributed by atoms with Crippen LogP contribution in [0.3, 0.4) is 0 Å². The second-order valence-corrected chi connectivity index (χ2v) is 7.25. The van der Waals surface area contributed by atoms with Crippen LogP contribution in [-0.2, 0) is 25.2 Å². The van der Waals surface area contributed by atoms with E-state index in [1.807, 2.05) is 0 Å². The molecular weight excluding hydrogens is 467 g/mol. The Hall–Kier alpha value is -3.24. The lowest BCUT2D eigenvalue weighted by molar-refractivity contribution is -0.143. The van der Waals surface area contributed by atoms with Crippen molar-refractivity contribution < 1.29 is 41.7 Å². The molecule has 2 aromatic carbocycles. The standard InChI is InChI=1S/C22H19ClF3NO6/c1-30-6-7-31-19-4-2-15(22(24,25)26)10-17(19)27-20(28)12-33-21(29)14-8-13-9-16(23)3-5-18(13)32-11-14/h2-5,8-10H,6-7,11-12H2,1H3,(H,27,28). The van der Waals surface area contributed by atoms with Gasteiger partial charge in [-0.25, -0.2) is 4.79 Å². The third-order valence-electron chi connectivity index (χ3n) is 4.41. The quantitative estimate of drug-likeness (QED) is 0.442. The number of ether oxygens (including phenoxy) is 4. The summed E-state index contributed by atoms with van der Waals surface area (Å²) < 4.78 is 59.8. The Bertz CT molecular complexity index is 1070. The normalized spacial score (nSPS) is 12.8. The first-order valence-electron chi connectivity index (χ1n) is 9.60. The maximum atomic E-state index is 13.1. The van der Waals surface area contributed by atoms with Gasteiger partial charge in [-0.15, -0.1) is 0 Å². The topological polar surface area (TPSA) is 83.1 Å². The van der Waals surface area contributed by atoms with E-state index in [4.69, 9.17) is 30.5 Å². The van der Waals surface area contributed by atoms with Crippen LogP contribution in [-0.4, -0.2) is 45.4 Å². The van der Waals surface area contributed by atoms with E-state index >= 15 is 0 Å². The minimum atomic E-state index is -4.62. The molecule has 0 bridgehead atoms. The van der Waals surface area contributed by atoms with Crippen LogP contribution in [0.15, 0.2) is 42.0 Å². The molecule has 0 saturated carbocycles. The summed E-state index contributed by atoms with van der Waals surface area (Å²) in [6.07, 6.45) is -3.09. The molecule has 1 amide bonds. The molecule has 11 heteroatoms. The van der Waals surface area contributed by atoms with Gasteiger partial charge in [0.15, 0.2) is 6.61 Å². The number of hydrogen-bond donors (Lipinski definition) is 1. The van der Waals surface area contributed by atoms with Gasteiger partial charge in [-0.1, -0.05) is 11.6 Å². The summed E-state index contributed by atoms with van der Waals surface area (Å²) in [6.45, 7) is -0.552. The van der Waals surface area contributed by atoms with Crippen LogP contribution in [0.1, 0.15) is 11.1 Å². The number of carbonyl (C=O) groups is 2. The number of methoxy groups -OCH3 is 1. The average Bonchev–Trinajstić information content (AvgIpc) is 2.77. The van der Waals surface area contributed by atoms with E-state index < -0.39 is 30.2 Å². The van der Waals surface area contributed by atoms with Crippen molar-refractivity contribution in [2.24, 2.45) is 0 Å². The molecule has 1 aliphatic heterocycles. The molecule has 0 saturated heterocycles. The Morgan fingerprint density at radius 3 is 2.67 bits per heavy atom. The van der Waals surface area contributed by atoms with Crippen LogP contribution >= 0.6 is 11.6 Å². The van der Waals surface area contributed by atoms with Gasteiger partial charge in [0.1, 0.15) is 24.7 Å². The maximum absolute atomic E-state index is 13.1. The van der Waals surface area contributed by atoms with Gasteiger partial charge in [0, 0.05) is 17.7 Å². The molecule has 0 aliphatic carbocycles. The van der Waals surface area contributed by atoms with Gasteiger partial charge in [-0.05, 0) is 42.5 Å². The molecule has 1 N–H and O–H groups in total. The van der Waals surface area contributed by atoms with Crippen molar-refractivity contribution in [2.45, 2.75) is 6.18 Å². The lowest BCUT2D eigenvalue weighted by atomic mass is 10.1. The SMILES string of the molecule is COCCOc1ccc(C(F)(F)F)cc1NC(=O)COC(=O)C1=Cc2cc(Cl)ccc2OC1. The molecule has 0 radical (unpaired) electrons. The zero-order valence-corrected chi connectivity index (χ0v) is 18.1. The van der Waals surface area contributed by atoms with Gasteiger partial charge in [-0.3, -0.25) is 4.79 Å². The van der Waals surface area contributed by atoms with Crippen molar-refractivity contribution in [1.82, 2.24) is 0 Å². The van der Waals surface area contributed by atoms with Crippen LogP contribution in [0.25, 0.3) is 6.08 Å². The Morgan fingerprint density at radius 2 is 1.94 bits per heavy atom. The predicted octanol–water partition coefficient (Wildman–Crippen LogP) is 4.34. The molecule has 176 valence electrons. The minimum absolute atomic E-state index is 0.0107. The highest BCUT2D eigenvalue weighted by molar-refractivity contribution is 6.30. The Balaban J connectivity index is 1.65. The second-order valence-electron chi connectivity index (χ2n) is 6.81. The van der Waals surface area contributed by atoms with Gasteiger partial charge in [0.2, 0.25) is 0 Å². The highest BCUT2D eigenvalue weighted by atomic mass is 35.5. The van der Waals surface area contributed by atoms with Crippen molar-refractivity contribution in [3.63, 3.8) is 0 Å². The van der Waals surface area contributed by atoms with E-state index in [0.717, 1.165) is 18.2 Å². The zero-order valence-electron chi connectivity index (χ0n) is 17.3. The first kappa shape index (κ1) is 24.4. The van der Waals surface area contributed by atoms with Crippen LogP contribution in [0.2, 0.25) is 5.02 Å². The first-order valence-corrected chi connectivity index (χ1v) is 9.98. The van der Waals surface area contributed by atoms with Crippen LogP contribution in [0, 0.1) is 0 Å². The molecular formula is C22H19ClF3NO6. The number of rotatable bonds is 8. The Morgan fingerprint density at radius 1 is 1.15 bits per heavy atom. The second kappa shape index (κ2) is 10.6. The molecule has 0 aromatic heterocycles. The van der Waals surface area contributed by atoms with Crippen molar-refractivity contribution in [3.05, 3.63) is 58.1 Å². The fourth-order valence-electron chi connectivity index (χ4n) is 2.84. The molecule has 1 heterocycles. The number of hydrogen-bond acceptors (Lipinski definition) is 6. The number of benzene rings is 2. The number of alkyl halides is 3. The molecule has 0 unspecified atom stereocenters. The van der Waals surface area contributed by atoms with E-state index in [2.05, 4.69) is 5.32 Å². The highest BCUT2D eigenvalue weighted by Crippen LogP contribution is 2.35. The van der Waals surface area contributed by atoms with Crippen molar-refractivity contribution in [1.29, 1.82) is 0 Å². The summed E-state index contributed by atoms with van der Waals surface area (Å²) in [7, 11) is 1.44. The van der Waals surface area contributed by atoms with Crippen LogP contribution < -0.4 is 14.8 Å². The molecule has 0 atom stereocenters. The number of halogens is 4. The Labute approximate surface area is 192 Å². The number of anilines is 1.